The molecular weight excluding hydrogens is 594 g/mol. The highest BCUT2D eigenvalue weighted by Crippen LogP contribution is 2.35. The van der Waals surface area contributed by atoms with Crippen molar-refractivity contribution in [3.05, 3.63) is 74.3 Å². The Hall–Kier alpha value is -4.57. The predicted molar refractivity (Wildman–Crippen MR) is 138 cm³/mol. The summed E-state index contributed by atoms with van der Waals surface area (Å²) in [6, 6.07) is 1.87. The second kappa shape index (κ2) is 10.9. The summed E-state index contributed by atoms with van der Waals surface area (Å²) in [6.07, 6.45) is -5.08. The minimum atomic E-state index is -4.92. The fraction of sp³-hybridized carbons (Fsp3) is 0.346. The molecule has 0 unspecified atom stereocenters. The maximum Gasteiger partial charge on any atom is 0.437 e. The van der Waals surface area contributed by atoms with Gasteiger partial charge in [0.15, 0.2) is 23.1 Å². The SMILES string of the molecule is Nc1nc(-c2cc3ccn(C[C@@H]4CCC[C@H](Nc5cn[nH]c(=O)c5C(F)(F)F)C4)c(=O)c3c(F)c2F)cnc1C(F)(F)F. The molecule has 0 spiro atoms. The molecule has 43 heavy (non-hydrogen) atoms. The molecule has 1 saturated carbocycles. The summed E-state index contributed by atoms with van der Waals surface area (Å²) in [6.45, 7) is 0.0381. The van der Waals surface area contributed by atoms with E-state index in [1.165, 1.54) is 12.3 Å². The van der Waals surface area contributed by atoms with E-state index in [1.807, 2.05) is 0 Å². The number of nitrogens with one attached hydrogen (secondary N) is 2. The largest absolute Gasteiger partial charge is 0.437 e. The van der Waals surface area contributed by atoms with E-state index in [1.54, 1.807) is 5.10 Å². The van der Waals surface area contributed by atoms with Crippen LogP contribution in [-0.4, -0.2) is 30.8 Å². The standard InChI is InChI=1S/C26H21F8N7O2/c27-19-14(15-8-36-21(22(35)39-15)26(32,33)34)7-12-4-5-41(24(43)17(12)20(19)28)10-11-2-1-3-13(6-11)38-16-9-37-40-23(42)18(16)25(29,30)31/h4-5,7-9,11,13H,1-3,6,10H2,(H2,35,39)(H2,38,40,42)/t11-,13+/m1/s1. The molecule has 1 aromatic carbocycles. The van der Waals surface area contributed by atoms with Gasteiger partial charge in [0, 0.05) is 24.3 Å². The van der Waals surface area contributed by atoms with Crippen LogP contribution in [0.25, 0.3) is 22.0 Å². The Balaban J connectivity index is 1.40. The summed E-state index contributed by atoms with van der Waals surface area (Å²) < 4.78 is 111. The van der Waals surface area contributed by atoms with Crippen LogP contribution in [-0.2, 0) is 18.9 Å². The van der Waals surface area contributed by atoms with E-state index >= 15 is 8.78 Å². The molecule has 2 atom stereocenters. The van der Waals surface area contributed by atoms with Crippen molar-refractivity contribution in [2.75, 3.05) is 11.1 Å². The first-order valence-corrected chi connectivity index (χ1v) is 12.8. The molecule has 0 amide bonds. The first-order valence-electron chi connectivity index (χ1n) is 12.8. The molecule has 3 aromatic heterocycles. The maximum atomic E-state index is 15.2. The number of aromatic nitrogens is 5. The molecule has 0 radical (unpaired) electrons. The van der Waals surface area contributed by atoms with Gasteiger partial charge >= 0.3 is 12.4 Å². The highest BCUT2D eigenvalue weighted by Gasteiger charge is 2.38. The Morgan fingerprint density at radius 1 is 1.05 bits per heavy atom. The Morgan fingerprint density at radius 3 is 2.47 bits per heavy atom. The van der Waals surface area contributed by atoms with Crippen LogP contribution in [0, 0.1) is 17.6 Å². The van der Waals surface area contributed by atoms with E-state index in [2.05, 4.69) is 20.4 Å². The monoisotopic (exact) mass is 615 g/mol. The van der Waals surface area contributed by atoms with E-state index in [-0.39, 0.29) is 17.8 Å². The van der Waals surface area contributed by atoms with E-state index < -0.39 is 80.6 Å². The van der Waals surface area contributed by atoms with Gasteiger partial charge in [-0.2, -0.15) is 31.4 Å². The van der Waals surface area contributed by atoms with Crippen LogP contribution in [0.1, 0.15) is 36.9 Å². The third kappa shape index (κ3) is 5.87. The number of nitrogens with zero attached hydrogens (tertiary/aromatic N) is 4. The van der Waals surface area contributed by atoms with Crippen molar-refractivity contribution in [3.63, 3.8) is 0 Å². The van der Waals surface area contributed by atoms with Crippen LogP contribution in [0.5, 0.6) is 0 Å². The number of alkyl halides is 6. The lowest BCUT2D eigenvalue weighted by molar-refractivity contribution is -0.140. The fourth-order valence-electron chi connectivity index (χ4n) is 5.33. The number of H-pyrrole nitrogens is 1. The Bertz CT molecular complexity index is 1820. The van der Waals surface area contributed by atoms with Gasteiger partial charge in [0.25, 0.3) is 11.1 Å². The minimum absolute atomic E-state index is 0.0381. The van der Waals surface area contributed by atoms with Crippen molar-refractivity contribution in [2.45, 2.75) is 50.6 Å². The third-order valence-electron chi connectivity index (χ3n) is 7.23. The Morgan fingerprint density at radius 2 is 1.79 bits per heavy atom. The van der Waals surface area contributed by atoms with E-state index in [9.17, 15) is 35.9 Å². The van der Waals surface area contributed by atoms with Gasteiger partial charge in [-0.15, -0.1) is 0 Å². The van der Waals surface area contributed by atoms with Crippen molar-refractivity contribution in [1.82, 2.24) is 24.7 Å². The first kappa shape index (κ1) is 29.9. The highest BCUT2D eigenvalue weighted by atomic mass is 19.4. The molecule has 1 aliphatic carbocycles. The Labute approximate surface area is 235 Å². The summed E-state index contributed by atoms with van der Waals surface area (Å²) in [5, 5.41) is 7.27. The summed E-state index contributed by atoms with van der Waals surface area (Å²) in [5.41, 5.74) is -1.34. The molecule has 4 N–H and O–H groups in total. The number of hydrogen-bond acceptors (Lipinski definition) is 7. The molecule has 0 bridgehead atoms. The topological polar surface area (TPSA) is 132 Å². The van der Waals surface area contributed by atoms with Gasteiger partial charge in [0.05, 0.1) is 29.2 Å². The van der Waals surface area contributed by atoms with Crippen molar-refractivity contribution in [2.24, 2.45) is 5.92 Å². The zero-order valence-corrected chi connectivity index (χ0v) is 21.8. The van der Waals surface area contributed by atoms with Crippen LogP contribution in [0.15, 0.2) is 40.3 Å². The minimum Gasteiger partial charge on any atom is -0.382 e. The van der Waals surface area contributed by atoms with E-state index in [0.29, 0.717) is 31.9 Å². The van der Waals surface area contributed by atoms with Crippen molar-refractivity contribution in [1.29, 1.82) is 0 Å². The lowest BCUT2D eigenvalue weighted by atomic mass is 9.85. The van der Waals surface area contributed by atoms with Gasteiger partial charge in [-0.25, -0.2) is 23.8 Å². The van der Waals surface area contributed by atoms with E-state index in [0.717, 1.165) is 16.8 Å². The van der Waals surface area contributed by atoms with Crippen molar-refractivity contribution in [3.8, 4) is 11.3 Å². The number of hydrogen-bond donors (Lipinski definition) is 3. The lowest BCUT2D eigenvalue weighted by Gasteiger charge is -2.31. The fourth-order valence-corrected chi connectivity index (χ4v) is 5.33. The maximum absolute atomic E-state index is 15.2. The normalized spacial score (nSPS) is 17.8. The van der Waals surface area contributed by atoms with Crippen LogP contribution in [0.2, 0.25) is 0 Å². The number of nitrogens with two attached hydrogens (primary N) is 1. The molecule has 1 fully saturated rings. The van der Waals surface area contributed by atoms with Crippen LogP contribution in [0.4, 0.5) is 46.6 Å². The van der Waals surface area contributed by atoms with Gasteiger partial charge in [-0.05, 0) is 42.7 Å². The number of rotatable bonds is 5. The highest BCUT2D eigenvalue weighted by molar-refractivity contribution is 5.87. The molecule has 0 aliphatic heterocycles. The van der Waals surface area contributed by atoms with Gasteiger partial charge in [0.2, 0.25) is 0 Å². The number of fused-ring (bicyclic) bond motifs is 1. The zero-order chi connectivity index (χ0) is 31.3. The predicted octanol–water partition coefficient (Wildman–Crippen LogP) is 5.11. The summed E-state index contributed by atoms with van der Waals surface area (Å²) in [4.78, 5) is 31.7. The van der Waals surface area contributed by atoms with Crippen LogP contribution in [0.3, 0.4) is 0 Å². The van der Waals surface area contributed by atoms with Crippen LogP contribution >= 0.6 is 0 Å². The van der Waals surface area contributed by atoms with Gasteiger partial charge in [-0.1, -0.05) is 6.42 Å². The molecule has 4 aromatic rings. The zero-order valence-electron chi connectivity index (χ0n) is 21.8. The molecule has 3 heterocycles. The molecule has 9 nitrogen and oxygen atoms in total. The number of aromatic amines is 1. The first-order chi connectivity index (χ1) is 20.1. The Kier molecular flexibility index (Phi) is 7.60. The lowest BCUT2D eigenvalue weighted by Crippen LogP contribution is -2.33. The number of halogens is 8. The van der Waals surface area contributed by atoms with Gasteiger partial charge < -0.3 is 15.6 Å². The number of pyridine rings is 1. The molecule has 1 aliphatic rings. The molecule has 5 rings (SSSR count). The van der Waals surface area contributed by atoms with Crippen LogP contribution < -0.4 is 22.2 Å². The summed E-state index contributed by atoms with van der Waals surface area (Å²) in [5.74, 6) is -4.37. The molecule has 17 heteroatoms. The second-order valence-corrected chi connectivity index (χ2v) is 10.1. The summed E-state index contributed by atoms with van der Waals surface area (Å²) in [7, 11) is 0. The van der Waals surface area contributed by atoms with Gasteiger partial charge in [0.1, 0.15) is 5.56 Å². The third-order valence-corrected chi connectivity index (χ3v) is 7.23. The molecule has 0 saturated heterocycles. The molecule has 228 valence electrons. The number of benzene rings is 1. The van der Waals surface area contributed by atoms with Crippen molar-refractivity contribution < 1.29 is 35.1 Å². The molecular formula is C26H21F8N7O2. The average Bonchev–Trinajstić information content (AvgIpc) is 2.91. The van der Waals surface area contributed by atoms with Gasteiger partial charge in [-0.3, -0.25) is 9.59 Å². The second-order valence-electron chi connectivity index (χ2n) is 10.1. The van der Waals surface area contributed by atoms with E-state index in [4.69, 9.17) is 5.73 Å². The quantitative estimate of drug-likeness (QED) is 0.266. The summed E-state index contributed by atoms with van der Waals surface area (Å²) >= 11 is 0. The number of nitrogen functional groups attached to an aromatic ring is 1. The smallest absolute Gasteiger partial charge is 0.382 e. The average molecular weight is 615 g/mol. The van der Waals surface area contributed by atoms with Crippen molar-refractivity contribution >= 4 is 22.3 Å². The number of anilines is 2.